The van der Waals surface area contributed by atoms with Crippen LogP contribution in [0.5, 0.6) is 0 Å². The molecule has 2 heterocycles. The van der Waals surface area contributed by atoms with Gasteiger partial charge in [0.25, 0.3) is 5.56 Å². The van der Waals surface area contributed by atoms with E-state index >= 15 is 0 Å². The SMILES string of the molecule is O=c1cc(-c2ccccc2)n2c(SCC=Cc3ccccc3)nnc2[nH]1. The Balaban J connectivity index is 1.64. The Hall–Kier alpha value is -3.12. The van der Waals surface area contributed by atoms with Crippen LogP contribution in [0.1, 0.15) is 5.56 Å². The third kappa shape index (κ3) is 3.45. The zero-order chi connectivity index (χ0) is 17.8. The Morgan fingerprint density at radius 2 is 1.73 bits per heavy atom. The number of hydrogen-bond acceptors (Lipinski definition) is 4. The molecular formula is C20H16N4OS. The number of nitrogens with one attached hydrogen (secondary N) is 1. The number of thioether (sulfide) groups is 1. The molecule has 2 aromatic carbocycles. The molecule has 0 aliphatic rings. The molecule has 6 heteroatoms. The molecule has 4 aromatic rings. The van der Waals surface area contributed by atoms with E-state index in [2.05, 4.69) is 39.5 Å². The summed E-state index contributed by atoms with van der Waals surface area (Å²) in [6, 6.07) is 21.5. The first-order valence-corrected chi connectivity index (χ1v) is 9.18. The Kier molecular flexibility index (Phi) is 4.66. The van der Waals surface area contributed by atoms with Crippen molar-refractivity contribution in [2.75, 3.05) is 5.75 Å². The highest BCUT2D eigenvalue weighted by Gasteiger charge is 2.12. The average molecular weight is 360 g/mol. The van der Waals surface area contributed by atoms with Crippen LogP contribution < -0.4 is 5.56 Å². The molecule has 0 atom stereocenters. The van der Waals surface area contributed by atoms with Gasteiger partial charge in [0.2, 0.25) is 5.78 Å². The molecule has 128 valence electrons. The van der Waals surface area contributed by atoms with Crippen molar-refractivity contribution in [3.63, 3.8) is 0 Å². The fraction of sp³-hybridized carbons (Fsp3) is 0.0500. The largest absolute Gasteiger partial charge is 0.291 e. The van der Waals surface area contributed by atoms with Gasteiger partial charge < -0.3 is 0 Å². The molecule has 0 fully saturated rings. The van der Waals surface area contributed by atoms with Crippen LogP contribution in [-0.4, -0.2) is 25.3 Å². The lowest BCUT2D eigenvalue weighted by Gasteiger charge is -2.06. The van der Waals surface area contributed by atoms with E-state index in [9.17, 15) is 4.79 Å². The molecule has 0 spiro atoms. The van der Waals surface area contributed by atoms with Crippen molar-refractivity contribution in [2.45, 2.75) is 5.16 Å². The molecule has 0 saturated carbocycles. The zero-order valence-corrected chi connectivity index (χ0v) is 14.7. The number of aromatic nitrogens is 4. The second-order valence-electron chi connectivity index (χ2n) is 5.65. The van der Waals surface area contributed by atoms with E-state index in [0.29, 0.717) is 5.78 Å². The smallest absolute Gasteiger partial charge is 0.252 e. The molecule has 0 aliphatic carbocycles. The van der Waals surface area contributed by atoms with Crippen molar-refractivity contribution in [3.8, 4) is 11.3 Å². The van der Waals surface area contributed by atoms with Crippen molar-refractivity contribution in [1.29, 1.82) is 0 Å². The van der Waals surface area contributed by atoms with Crippen molar-refractivity contribution >= 4 is 23.6 Å². The second kappa shape index (κ2) is 7.41. The maximum Gasteiger partial charge on any atom is 0.252 e. The van der Waals surface area contributed by atoms with Gasteiger partial charge in [-0.1, -0.05) is 84.6 Å². The first kappa shape index (κ1) is 16.4. The summed E-state index contributed by atoms with van der Waals surface area (Å²) >= 11 is 1.57. The van der Waals surface area contributed by atoms with Crippen LogP contribution in [0.15, 0.2) is 82.8 Å². The highest BCUT2D eigenvalue weighted by molar-refractivity contribution is 7.99. The van der Waals surface area contributed by atoms with E-state index in [-0.39, 0.29) is 5.56 Å². The summed E-state index contributed by atoms with van der Waals surface area (Å²) in [6.07, 6.45) is 4.17. The van der Waals surface area contributed by atoms with Crippen LogP contribution in [0.4, 0.5) is 0 Å². The standard InChI is InChI=1S/C20H16N4OS/c25-18-14-17(16-11-5-2-6-12-16)24-19(21-18)22-23-20(24)26-13-7-10-15-8-3-1-4-9-15/h1-12,14H,13H2,(H,21,22,25). The summed E-state index contributed by atoms with van der Waals surface area (Å²) in [5, 5.41) is 9.10. The van der Waals surface area contributed by atoms with Crippen molar-refractivity contribution in [2.24, 2.45) is 0 Å². The monoisotopic (exact) mass is 360 g/mol. The molecule has 0 radical (unpaired) electrons. The molecule has 0 aliphatic heterocycles. The van der Waals surface area contributed by atoms with Crippen molar-refractivity contribution in [1.82, 2.24) is 19.6 Å². The van der Waals surface area contributed by atoms with Crippen LogP contribution in [-0.2, 0) is 0 Å². The van der Waals surface area contributed by atoms with E-state index in [1.54, 1.807) is 17.8 Å². The van der Waals surface area contributed by atoms with Crippen LogP contribution in [0.3, 0.4) is 0 Å². The fourth-order valence-corrected chi connectivity index (χ4v) is 3.44. The van der Waals surface area contributed by atoms with Gasteiger partial charge in [-0.15, -0.1) is 10.2 Å². The second-order valence-corrected chi connectivity index (χ2v) is 6.64. The van der Waals surface area contributed by atoms with E-state index in [1.165, 1.54) is 0 Å². The lowest BCUT2D eigenvalue weighted by molar-refractivity contribution is 0.923. The van der Waals surface area contributed by atoms with Gasteiger partial charge in [0, 0.05) is 11.8 Å². The molecule has 0 unspecified atom stereocenters. The number of rotatable bonds is 5. The molecule has 4 rings (SSSR count). The number of fused-ring (bicyclic) bond motifs is 1. The van der Waals surface area contributed by atoms with Gasteiger partial charge in [0.15, 0.2) is 5.16 Å². The van der Waals surface area contributed by atoms with Crippen LogP contribution in [0, 0.1) is 0 Å². The highest BCUT2D eigenvalue weighted by Crippen LogP contribution is 2.24. The normalized spacial score (nSPS) is 11.4. The molecule has 2 aromatic heterocycles. The summed E-state index contributed by atoms with van der Waals surface area (Å²) in [7, 11) is 0. The van der Waals surface area contributed by atoms with Gasteiger partial charge in [-0.3, -0.25) is 14.2 Å². The summed E-state index contributed by atoms with van der Waals surface area (Å²) in [5.41, 5.74) is 2.70. The minimum absolute atomic E-state index is 0.190. The molecule has 26 heavy (non-hydrogen) atoms. The maximum atomic E-state index is 11.9. The molecular weight excluding hydrogens is 344 g/mol. The number of hydrogen-bond donors (Lipinski definition) is 1. The van der Waals surface area contributed by atoms with Gasteiger partial charge >= 0.3 is 0 Å². The third-order valence-electron chi connectivity index (χ3n) is 3.87. The lowest BCUT2D eigenvalue weighted by atomic mass is 10.1. The average Bonchev–Trinajstić information content (AvgIpc) is 3.09. The first-order chi connectivity index (χ1) is 12.8. The Morgan fingerprint density at radius 1 is 1.00 bits per heavy atom. The first-order valence-electron chi connectivity index (χ1n) is 8.19. The summed E-state index contributed by atoms with van der Waals surface area (Å²) in [6.45, 7) is 0. The number of H-pyrrole nitrogens is 1. The summed E-state index contributed by atoms with van der Waals surface area (Å²) in [4.78, 5) is 14.7. The molecule has 1 N–H and O–H groups in total. The molecule has 0 bridgehead atoms. The fourth-order valence-electron chi connectivity index (χ4n) is 2.69. The predicted molar refractivity (Wildman–Crippen MR) is 105 cm³/mol. The maximum absolute atomic E-state index is 11.9. The Labute approximate surface area is 154 Å². The quantitative estimate of drug-likeness (QED) is 0.549. The van der Waals surface area contributed by atoms with Crippen molar-refractivity contribution < 1.29 is 0 Å². The number of aromatic amines is 1. The minimum Gasteiger partial charge on any atom is -0.291 e. The van der Waals surface area contributed by atoms with E-state index in [1.807, 2.05) is 52.9 Å². The lowest BCUT2D eigenvalue weighted by Crippen LogP contribution is -2.09. The van der Waals surface area contributed by atoms with Gasteiger partial charge in [0.1, 0.15) is 0 Å². The highest BCUT2D eigenvalue weighted by atomic mass is 32.2. The van der Waals surface area contributed by atoms with Crippen LogP contribution >= 0.6 is 11.8 Å². The van der Waals surface area contributed by atoms with Gasteiger partial charge in [-0.05, 0) is 11.1 Å². The molecule has 0 saturated heterocycles. The topological polar surface area (TPSA) is 63.1 Å². The number of benzene rings is 2. The Bertz CT molecular complexity index is 1100. The molecule has 5 nitrogen and oxygen atoms in total. The Morgan fingerprint density at radius 3 is 2.50 bits per heavy atom. The minimum atomic E-state index is -0.190. The number of nitrogens with zero attached hydrogens (tertiary/aromatic N) is 3. The van der Waals surface area contributed by atoms with E-state index in [0.717, 1.165) is 27.7 Å². The summed E-state index contributed by atoms with van der Waals surface area (Å²) in [5.74, 6) is 1.20. The summed E-state index contributed by atoms with van der Waals surface area (Å²) < 4.78 is 1.89. The zero-order valence-electron chi connectivity index (χ0n) is 13.9. The third-order valence-corrected chi connectivity index (χ3v) is 4.75. The van der Waals surface area contributed by atoms with Gasteiger partial charge in [-0.25, -0.2) is 0 Å². The molecule has 0 amide bonds. The van der Waals surface area contributed by atoms with Crippen LogP contribution in [0.25, 0.3) is 23.1 Å². The van der Waals surface area contributed by atoms with E-state index < -0.39 is 0 Å². The van der Waals surface area contributed by atoms with Crippen molar-refractivity contribution in [3.05, 3.63) is 88.7 Å². The van der Waals surface area contributed by atoms with E-state index in [4.69, 9.17) is 0 Å². The van der Waals surface area contributed by atoms with Gasteiger partial charge in [0.05, 0.1) is 5.69 Å². The van der Waals surface area contributed by atoms with Crippen LogP contribution in [0.2, 0.25) is 0 Å². The predicted octanol–water partition coefficient (Wildman–Crippen LogP) is 3.89. The van der Waals surface area contributed by atoms with Gasteiger partial charge in [-0.2, -0.15) is 0 Å².